The molecular weight excluding hydrogens is 829 g/mol. The number of ether oxygens (including phenoxy) is 3. The predicted octanol–water partition coefficient (Wildman–Crippen LogP) is 19.7. The first-order chi connectivity index (χ1) is 33.0. The van der Waals surface area contributed by atoms with E-state index in [0.29, 0.717) is 19.3 Å². The second-order valence-electron chi connectivity index (χ2n) is 20.0. The molecule has 0 aromatic rings. The zero-order chi connectivity index (χ0) is 48.6. The van der Waals surface area contributed by atoms with Gasteiger partial charge in [0.1, 0.15) is 13.2 Å². The summed E-state index contributed by atoms with van der Waals surface area (Å²) in [5.74, 6) is -0.873. The van der Waals surface area contributed by atoms with Gasteiger partial charge in [0, 0.05) is 19.3 Å². The monoisotopic (exact) mass is 941 g/mol. The Morgan fingerprint density at radius 2 is 0.537 bits per heavy atom. The van der Waals surface area contributed by atoms with Crippen LogP contribution in [0.4, 0.5) is 0 Å². The molecular formula is C61H112O6. The number of unbranched alkanes of at least 4 members (excludes halogenated alkanes) is 39. The van der Waals surface area contributed by atoms with E-state index in [0.717, 1.165) is 77.0 Å². The largest absolute Gasteiger partial charge is 0.462 e. The normalized spacial score (nSPS) is 12.2. The van der Waals surface area contributed by atoms with E-state index < -0.39 is 6.10 Å². The molecule has 0 heterocycles. The van der Waals surface area contributed by atoms with Crippen LogP contribution < -0.4 is 0 Å². The SMILES string of the molecule is CCCCCCC\C=C/C=C\C=C/CCCCCCCC(=O)OCC(COC(=O)CCCCCCCCCCCCCCCC)OC(=O)CCCCCCCCCCCCCCCCCCC. The van der Waals surface area contributed by atoms with E-state index >= 15 is 0 Å². The van der Waals surface area contributed by atoms with Crippen molar-refractivity contribution in [2.75, 3.05) is 13.2 Å². The zero-order valence-electron chi connectivity index (χ0n) is 44.9. The van der Waals surface area contributed by atoms with Crippen molar-refractivity contribution < 1.29 is 28.6 Å². The Morgan fingerprint density at radius 1 is 0.299 bits per heavy atom. The number of hydrogen-bond acceptors (Lipinski definition) is 6. The molecule has 0 aliphatic heterocycles. The van der Waals surface area contributed by atoms with Gasteiger partial charge in [-0.3, -0.25) is 14.4 Å². The Hall–Kier alpha value is -2.37. The lowest BCUT2D eigenvalue weighted by Crippen LogP contribution is -2.30. The average Bonchev–Trinajstić information content (AvgIpc) is 3.33. The van der Waals surface area contributed by atoms with E-state index in [-0.39, 0.29) is 31.1 Å². The summed E-state index contributed by atoms with van der Waals surface area (Å²) in [6.45, 7) is 6.66. The molecule has 67 heavy (non-hydrogen) atoms. The molecule has 0 rings (SSSR count). The summed E-state index contributed by atoms with van der Waals surface area (Å²) in [4.78, 5) is 38.2. The third kappa shape index (κ3) is 54.4. The molecule has 1 atom stereocenters. The first-order valence-electron chi connectivity index (χ1n) is 29.5. The molecule has 0 saturated carbocycles. The maximum atomic E-state index is 12.9. The number of hydrogen-bond donors (Lipinski definition) is 0. The minimum absolute atomic E-state index is 0.0738. The lowest BCUT2D eigenvalue weighted by atomic mass is 10.0. The molecule has 0 fully saturated rings. The summed E-state index contributed by atoms with van der Waals surface area (Å²) >= 11 is 0. The zero-order valence-corrected chi connectivity index (χ0v) is 44.9. The van der Waals surface area contributed by atoms with Crippen molar-refractivity contribution in [1.29, 1.82) is 0 Å². The van der Waals surface area contributed by atoms with Crippen molar-refractivity contribution in [3.63, 3.8) is 0 Å². The smallest absolute Gasteiger partial charge is 0.306 e. The van der Waals surface area contributed by atoms with Gasteiger partial charge in [-0.05, 0) is 44.9 Å². The van der Waals surface area contributed by atoms with Gasteiger partial charge in [-0.15, -0.1) is 0 Å². The highest BCUT2D eigenvalue weighted by Crippen LogP contribution is 2.17. The second-order valence-corrected chi connectivity index (χ2v) is 20.0. The highest BCUT2D eigenvalue weighted by molar-refractivity contribution is 5.71. The second kappa shape index (κ2) is 56.2. The van der Waals surface area contributed by atoms with Gasteiger partial charge in [-0.1, -0.05) is 288 Å². The van der Waals surface area contributed by atoms with Gasteiger partial charge in [0.2, 0.25) is 0 Å². The van der Waals surface area contributed by atoms with Crippen LogP contribution in [0.25, 0.3) is 0 Å². The number of rotatable bonds is 54. The summed E-state index contributed by atoms with van der Waals surface area (Å²) < 4.78 is 16.9. The maximum Gasteiger partial charge on any atom is 0.306 e. The Balaban J connectivity index is 4.37. The molecule has 1 unspecified atom stereocenters. The van der Waals surface area contributed by atoms with E-state index in [1.807, 2.05) is 0 Å². The minimum Gasteiger partial charge on any atom is -0.462 e. The van der Waals surface area contributed by atoms with Crippen LogP contribution in [0.2, 0.25) is 0 Å². The van der Waals surface area contributed by atoms with Gasteiger partial charge in [0.25, 0.3) is 0 Å². The van der Waals surface area contributed by atoms with Crippen LogP contribution in [-0.2, 0) is 28.6 Å². The Bertz CT molecular complexity index is 1130. The minimum atomic E-state index is -0.776. The third-order valence-electron chi connectivity index (χ3n) is 13.2. The van der Waals surface area contributed by atoms with Crippen LogP contribution in [0.5, 0.6) is 0 Å². The number of esters is 3. The van der Waals surface area contributed by atoms with Crippen molar-refractivity contribution in [1.82, 2.24) is 0 Å². The summed E-state index contributed by atoms with van der Waals surface area (Å²) in [5, 5.41) is 0. The van der Waals surface area contributed by atoms with Gasteiger partial charge in [-0.25, -0.2) is 0 Å². The van der Waals surface area contributed by atoms with Crippen LogP contribution in [0.3, 0.4) is 0 Å². The molecule has 6 heteroatoms. The van der Waals surface area contributed by atoms with Crippen molar-refractivity contribution in [2.24, 2.45) is 0 Å². The maximum absolute atomic E-state index is 12.9. The van der Waals surface area contributed by atoms with Crippen molar-refractivity contribution >= 4 is 17.9 Å². The molecule has 0 amide bonds. The van der Waals surface area contributed by atoms with E-state index in [9.17, 15) is 14.4 Å². The fourth-order valence-corrected chi connectivity index (χ4v) is 8.74. The molecule has 0 N–H and O–H groups in total. The number of carbonyl (C=O) groups is 3. The van der Waals surface area contributed by atoms with Gasteiger partial charge >= 0.3 is 17.9 Å². The van der Waals surface area contributed by atoms with Crippen LogP contribution in [-0.4, -0.2) is 37.2 Å². The molecule has 0 saturated heterocycles. The summed E-state index contributed by atoms with van der Waals surface area (Å²) in [6.07, 6.45) is 67.0. The summed E-state index contributed by atoms with van der Waals surface area (Å²) in [7, 11) is 0. The fourth-order valence-electron chi connectivity index (χ4n) is 8.74. The molecule has 0 bridgehead atoms. The lowest BCUT2D eigenvalue weighted by molar-refractivity contribution is -0.167. The average molecular weight is 942 g/mol. The Kier molecular flexibility index (Phi) is 54.2. The Morgan fingerprint density at radius 3 is 0.821 bits per heavy atom. The summed E-state index contributed by atoms with van der Waals surface area (Å²) in [5.41, 5.74) is 0. The van der Waals surface area contributed by atoms with Gasteiger partial charge in [0.05, 0.1) is 0 Å². The third-order valence-corrected chi connectivity index (χ3v) is 13.2. The van der Waals surface area contributed by atoms with Gasteiger partial charge in [0.15, 0.2) is 6.10 Å². The van der Waals surface area contributed by atoms with Crippen LogP contribution in [0, 0.1) is 0 Å². The standard InChI is InChI=1S/C61H112O6/c1-4-7-10-13-16-19-22-25-28-30-32-33-36-39-42-45-48-51-54-60(63)66-57-58(56-65-59(62)53-50-47-44-41-38-35-27-24-21-18-15-12-9-6-3)67-61(64)55-52-49-46-43-40-37-34-31-29-26-23-20-17-14-11-8-5-2/h22,25,28,30,32-33,58H,4-21,23-24,26-27,29,31,34-57H2,1-3H3/b25-22-,30-28-,33-32-. The van der Waals surface area contributed by atoms with E-state index in [1.165, 1.54) is 199 Å². The number of allylic oxidation sites excluding steroid dienone is 6. The quantitative estimate of drug-likeness (QED) is 0.0262. The van der Waals surface area contributed by atoms with Gasteiger partial charge in [-0.2, -0.15) is 0 Å². The van der Waals surface area contributed by atoms with Crippen molar-refractivity contribution in [3.8, 4) is 0 Å². The fraction of sp³-hybridized carbons (Fsp3) is 0.852. The molecule has 0 radical (unpaired) electrons. The van der Waals surface area contributed by atoms with Crippen LogP contribution >= 0.6 is 0 Å². The molecule has 0 spiro atoms. The molecule has 0 aromatic heterocycles. The van der Waals surface area contributed by atoms with Crippen molar-refractivity contribution in [2.45, 2.75) is 322 Å². The first kappa shape index (κ1) is 64.6. The lowest BCUT2D eigenvalue weighted by Gasteiger charge is -2.18. The molecule has 0 aliphatic carbocycles. The molecule has 392 valence electrons. The highest BCUT2D eigenvalue weighted by atomic mass is 16.6. The first-order valence-corrected chi connectivity index (χ1v) is 29.5. The van der Waals surface area contributed by atoms with Crippen LogP contribution in [0.15, 0.2) is 36.5 Å². The highest BCUT2D eigenvalue weighted by Gasteiger charge is 2.19. The Labute approximate surface area is 416 Å². The molecule has 0 aliphatic rings. The molecule has 0 aromatic carbocycles. The predicted molar refractivity (Wildman–Crippen MR) is 289 cm³/mol. The van der Waals surface area contributed by atoms with Gasteiger partial charge < -0.3 is 14.2 Å². The molecule has 6 nitrogen and oxygen atoms in total. The number of carbonyl (C=O) groups excluding carboxylic acids is 3. The topological polar surface area (TPSA) is 78.9 Å². The summed E-state index contributed by atoms with van der Waals surface area (Å²) in [6, 6.07) is 0. The van der Waals surface area contributed by atoms with E-state index in [2.05, 4.69) is 57.2 Å². The van der Waals surface area contributed by atoms with E-state index in [1.54, 1.807) is 0 Å². The van der Waals surface area contributed by atoms with Crippen LogP contribution in [0.1, 0.15) is 316 Å². The van der Waals surface area contributed by atoms with Crippen molar-refractivity contribution in [3.05, 3.63) is 36.5 Å². The van der Waals surface area contributed by atoms with E-state index in [4.69, 9.17) is 14.2 Å².